The van der Waals surface area contributed by atoms with E-state index in [2.05, 4.69) is 20.0 Å². The Hall–Kier alpha value is -2.32. The minimum Gasteiger partial charge on any atom is -0.356 e. The van der Waals surface area contributed by atoms with Crippen molar-refractivity contribution >= 4 is 17.5 Å². The molecule has 1 unspecified atom stereocenters. The van der Waals surface area contributed by atoms with E-state index < -0.39 is 5.92 Å². The summed E-state index contributed by atoms with van der Waals surface area (Å²) >= 11 is 0. The van der Waals surface area contributed by atoms with Gasteiger partial charge in [-0.1, -0.05) is 0 Å². The normalized spacial score (nSPS) is 23.4. The van der Waals surface area contributed by atoms with Crippen molar-refractivity contribution in [3.05, 3.63) is 18.1 Å². The van der Waals surface area contributed by atoms with E-state index in [0.29, 0.717) is 12.3 Å². The summed E-state index contributed by atoms with van der Waals surface area (Å²) in [6.07, 6.45) is 2.65. The number of hydrogen-bond donors (Lipinski definition) is 0. The third-order valence-corrected chi connectivity index (χ3v) is 5.26. The Bertz CT molecular complexity index is 813. The number of amides is 1. The number of fused-ring (bicyclic) bond motifs is 1. The van der Waals surface area contributed by atoms with Crippen LogP contribution in [0.15, 0.2) is 12.4 Å². The van der Waals surface area contributed by atoms with Gasteiger partial charge in [0.05, 0.1) is 5.92 Å². The smallest absolute Gasteiger partial charge is 0.254 e. The number of nitrogens with zero attached hydrogens (tertiary/aromatic N) is 6. The fourth-order valence-corrected chi connectivity index (χ4v) is 3.84. The molecule has 7 nitrogen and oxygen atoms in total. The largest absolute Gasteiger partial charge is 0.356 e. The van der Waals surface area contributed by atoms with Crippen molar-refractivity contribution in [3.8, 4) is 0 Å². The molecule has 1 amide bonds. The maximum Gasteiger partial charge on any atom is 0.254 e. The topological polar surface area (TPSA) is 66.6 Å². The molecular weight excluding hydrogens is 342 g/mol. The zero-order chi connectivity index (χ0) is 18.3. The first-order valence-corrected chi connectivity index (χ1v) is 9.02. The van der Waals surface area contributed by atoms with Crippen LogP contribution in [0.3, 0.4) is 0 Å². The first kappa shape index (κ1) is 17.1. The van der Waals surface area contributed by atoms with Crippen molar-refractivity contribution in [1.82, 2.24) is 24.5 Å². The summed E-state index contributed by atoms with van der Waals surface area (Å²) in [7, 11) is 0. The summed E-state index contributed by atoms with van der Waals surface area (Å²) in [4.78, 5) is 25.1. The summed E-state index contributed by atoms with van der Waals surface area (Å²) in [6, 6.07) is 1.94. The van der Waals surface area contributed by atoms with Crippen LogP contribution >= 0.6 is 0 Å². The monoisotopic (exact) mass is 364 g/mol. The number of piperidine rings is 2. The van der Waals surface area contributed by atoms with E-state index in [1.165, 1.54) is 6.33 Å². The average molecular weight is 364 g/mol. The van der Waals surface area contributed by atoms with E-state index in [1.54, 1.807) is 9.42 Å². The van der Waals surface area contributed by atoms with Crippen molar-refractivity contribution in [2.24, 2.45) is 5.92 Å². The maximum absolute atomic E-state index is 13.4. The molecule has 0 aliphatic carbocycles. The Morgan fingerprint density at radius 2 is 2.04 bits per heavy atom. The molecule has 1 atom stereocenters. The molecular formula is C17H22F2N6O. The van der Waals surface area contributed by atoms with Gasteiger partial charge < -0.3 is 9.80 Å². The zero-order valence-corrected chi connectivity index (χ0v) is 14.7. The summed E-state index contributed by atoms with van der Waals surface area (Å²) in [5.74, 6) is -1.42. The molecule has 26 heavy (non-hydrogen) atoms. The van der Waals surface area contributed by atoms with Crippen LogP contribution in [0, 0.1) is 12.8 Å². The number of anilines is 1. The molecule has 2 aromatic rings. The third-order valence-electron chi connectivity index (χ3n) is 5.26. The highest BCUT2D eigenvalue weighted by atomic mass is 19.3. The fraction of sp³-hybridized carbons (Fsp3) is 0.647. The van der Waals surface area contributed by atoms with Crippen LogP contribution in [0.2, 0.25) is 0 Å². The maximum atomic E-state index is 13.4. The average Bonchev–Trinajstić information content (AvgIpc) is 3.09. The lowest BCUT2D eigenvalue weighted by atomic mass is 9.95. The quantitative estimate of drug-likeness (QED) is 0.814. The van der Waals surface area contributed by atoms with E-state index in [-0.39, 0.29) is 37.8 Å². The molecule has 2 saturated heterocycles. The fourth-order valence-electron chi connectivity index (χ4n) is 3.84. The lowest BCUT2D eigenvalue weighted by molar-refractivity contribution is -0.141. The van der Waals surface area contributed by atoms with Gasteiger partial charge in [-0.25, -0.2) is 13.8 Å². The molecule has 2 aliphatic heterocycles. The highest BCUT2D eigenvalue weighted by Crippen LogP contribution is 2.30. The predicted octanol–water partition coefficient (Wildman–Crippen LogP) is 1.91. The summed E-state index contributed by atoms with van der Waals surface area (Å²) in [6.45, 7) is 3.57. The van der Waals surface area contributed by atoms with Crippen LogP contribution in [0.5, 0.6) is 0 Å². The standard InChI is InChI=1S/C17H22F2N6O/c1-12-9-14(25-16(22-12)20-11-21-25)24-6-2-3-13(10-24)15(26)23-7-4-17(18,19)5-8-23/h9,11,13H,2-8,10H2,1H3. The Labute approximate surface area is 150 Å². The van der Waals surface area contributed by atoms with Crippen LogP contribution in [-0.2, 0) is 4.79 Å². The first-order valence-electron chi connectivity index (χ1n) is 9.02. The van der Waals surface area contributed by atoms with E-state index in [4.69, 9.17) is 0 Å². The summed E-state index contributed by atoms with van der Waals surface area (Å²) < 4.78 is 28.4. The lowest BCUT2D eigenvalue weighted by Crippen LogP contribution is -2.49. The van der Waals surface area contributed by atoms with Crippen molar-refractivity contribution < 1.29 is 13.6 Å². The number of hydrogen-bond acceptors (Lipinski definition) is 5. The second-order valence-corrected chi connectivity index (χ2v) is 7.19. The number of halogens is 2. The zero-order valence-electron chi connectivity index (χ0n) is 14.7. The van der Waals surface area contributed by atoms with Crippen LogP contribution in [-0.4, -0.2) is 62.5 Å². The van der Waals surface area contributed by atoms with Gasteiger partial charge in [0, 0.05) is 50.8 Å². The Balaban J connectivity index is 1.50. The number of aryl methyl sites for hydroxylation is 1. The van der Waals surface area contributed by atoms with Gasteiger partial charge in [0.1, 0.15) is 12.1 Å². The number of likely N-dealkylation sites (tertiary alicyclic amines) is 1. The van der Waals surface area contributed by atoms with Gasteiger partial charge in [0.25, 0.3) is 11.7 Å². The number of aromatic nitrogens is 4. The van der Waals surface area contributed by atoms with Crippen molar-refractivity contribution in [1.29, 1.82) is 0 Å². The molecule has 4 rings (SSSR count). The van der Waals surface area contributed by atoms with Gasteiger partial charge in [-0.2, -0.15) is 14.6 Å². The second kappa shape index (κ2) is 6.44. The molecule has 4 heterocycles. The van der Waals surface area contributed by atoms with Gasteiger partial charge in [-0.05, 0) is 19.8 Å². The molecule has 2 aliphatic rings. The Kier molecular flexibility index (Phi) is 4.24. The Morgan fingerprint density at radius 3 is 2.81 bits per heavy atom. The molecule has 0 N–H and O–H groups in total. The van der Waals surface area contributed by atoms with E-state index >= 15 is 0 Å². The van der Waals surface area contributed by atoms with Gasteiger partial charge in [-0.3, -0.25) is 4.79 Å². The highest BCUT2D eigenvalue weighted by molar-refractivity contribution is 5.80. The number of carbonyl (C=O) groups is 1. The van der Waals surface area contributed by atoms with Gasteiger partial charge in [-0.15, -0.1) is 0 Å². The molecule has 0 aromatic carbocycles. The molecule has 0 radical (unpaired) electrons. The van der Waals surface area contributed by atoms with Crippen molar-refractivity contribution in [2.45, 2.75) is 38.5 Å². The van der Waals surface area contributed by atoms with Crippen LogP contribution in [0.4, 0.5) is 14.6 Å². The molecule has 0 spiro atoms. The van der Waals surface area contributed by atoms with E-state index in [1.807, 2.05) is 13.0 Å². The van der Waals surface area contributed by atoms with Gasteiger partial charge in [0.15, 0.2) is 0 Å². The SMILES string of the molecule is Cc1cc(N2CCCC(C(=O)N3CCC(F)(F)CC3)C2)n2ncnc2n1. The van der Waals surface area contributed by atoms with Crippen molar-refractivity contribution in [3.63, 3.8) is 0 Å². The molecule has 9 heteroatoms. The lowest BCUT2D eigenvalue weighted by Gasteiger charge is -2.38. The molecule has 140 valence electrons. The van der Waals surface area contributed by atoms with Crippen LogP contribution < -0.4 is 4.90 Å². The number of alkyl halides is 2. The molecule has 0 saturated carbocycles. The van der Waals surface area contributed by atoms with Crippen molar-refractivity contribution in [2.75, 3.05) is 31.1 Å². The Morgan fingerprint density at radius 1 is 1.27 bits per heavy atom. The van der Waals surface area contributed by atoms with Gasteiger partial charge in [0.2, 0.25) is 5.91 Å². The predicted molar refractivity (Wildman–Crippen MR) is 91.2 cm³/mol. The van der Waals surface area contributed by atoms with Crippen LogP contribution in [0.25, 0.3) is 5.78 Å². The minimum atomic E-state index is -2.64. The number of rotatable bonds is 2. The second-order valence-electron chi connectivity index (χ2n) is 7.19. The molecule has 0 bridgehead atoms. The molecule has 2 aromatic heterocycles. The van der Waals surface area contributed by atoms with Crippen LogP contribution in [0.1, 0.15) is 31.4 Å². The molecule has 2 fully saturated rings. The third kappa shape index (κ3) is 3.22. The first-order chi connectivity index (χ1) is 12.4. The summed E-state index contributed by atoms with van der Waals surface area (Å²) in [5.41, 5.74) is 0.840. The summed E-state index contributed by atoms with van der Waals surface area (Å²) in [5, 5.41) is 4.23. The number of carbonyl (C=O) groups excluding carboxylic acids is 1. The minimum absolute atomic E-state index is 0.00851. The van der Waals surface area contributed by atoms with Gasteiger partial charge >= 0.3 is 0 Å². The van der Waals surface area contributed by atoms with E-state index in [0.717, 1.165) is 30.9 Å². The van der Waals surface area contributed by atoms with E-state index in [9.17, 15) is 13.6 Å². The highest BCUT2D eigenvalue weighted by Gasteiger charge is 2.38.